The molecule has 0 aliphatic heterocycles. The Hall–Kier alpha value is -1.32. The van der Waals surface area contributed by atoms with Crippen molar-refractivity contribution in [2.45, 2.75) is 51.4 Å². The number of hydrogen-bond acceptors (Lipinski definition) is 4. The predicted molar refractivity (Wildman–Crippen MR) is 105 cm³/mol. The van der Waals surface area contributed by atoms with Gasteiger partial charge in [-0.15, -0.1) is 0 Å². The maximum Gasteiger partial charge on any atom is 0.323 e. The monoisotopic (exact) mass is 396 g/mol. The summed E-state index contributed by atoms with van der Waals surface area (Å²) in [5.41, 5.74) is 1.93. The minimum atomic E-state index is -1.11. The molecular formula is C25H32O4. The van der Waals surface area contributed by atoms with E-state index in [0.717, 1.165) is 47.3 Å². The van der Waals surface area contributed by atoms with Gasteiger partial charge in [0, 0.05) is 0 Å². The van der Waals surface area contributed by atoms with Crippen molar-refractivity contribution in [2.75, 3.05) is 14.2 Å². The van der Waals surface area contributed by atoms with E-state index in [4.69, 9.17) is 9.47 Å². The smallest absolute Gasteiger partial charge is 0.323 e. The summed E-state index contributed by atoms with van der Waals surface area (Å²) in [7, 11) is 2.84. The molecule has 0 aromatic carbocycles. The SMILES string of the molecule is COC(=O)C1(C(=O)OC)CC(C2[C@@H]3[C@H]4CC[C@H](C4)[C@H]23)=C(C2[C@@H]3[C@H]4CC[C@H](C4)[C@H]23)C1. The fourth-order valence-electron chi connectivity index (χ4n) is 9.95. The Kier molecular flexibility index (Phi) is 3.28. The van der Waals surface area contributed by atoms with Gasteiger partial charge in [0.15, 0.2) is 5.41 Å². The van der Waals surface area contributed by atoms with Crippen LogP contribution in [0, 0.1) is 64.6 Å². The number of esters is 2. The molecule has 4 nitrogen and oxygen atoms in total. The van der Waals surface area contributed by atoms with Crippen molar-refractivity contribution in [3.8, 4) is 0 Å². The van der Waals surface area contributed by atoms with Gasteiger partial charge in [0.2, 0.25) is 0 Å². The van der Waals surface area contributed by atoms with Crippen LogP contribution in [0.15, 0.2) is 11.1 Å². The molecule has 4 heteroatoms. The number of allylic oxidation sites excluding steroid dienone is 2. The molecule has 0 heterocycles. The second-order valence-corrected chi connectivity index (χ2v) is 11.5. The third-order valence-electron chi connectivity index (χ3n) is 10.8. The zero-order valence-electron chi connectivity index (χ0n) is 17.6. The molecule has 4 bridgehead atoms. The Bertz CT molecular complexity index is 742. The number of methoxy groups -OCH3 is 2. The molecule has 7 rings (SSSR count). The molecule has 0 aromatic rings. The van der Waals surface area contributed by atoms with Crippen molar-refractivity contribution in [3.05, 3.63) is 11.1 Å². The highest BCUT2D eigenvalue weighted by Gasteiger charge is 2.72. The van der Waals surface area contributed by atoms with Gasteiger partial charge in [0.25, 0.3) is 0 Å². The van der Waals surface area contributed by atoms with Gasteiger partial charge in [-0.1, -0.05) is 11.1 Å². The maximum absolute atomic E-state index is 12.9. The highest BCUT2D eigenvalue weighted by molar-refractivity contribution is 6.01. The summed E-state index contributed by atoms with van der Waals surface area (Å²) in [6.45, 7) is 0. The van der Waals surface area contributed by atoms with E-state index >= 15 is 0 Å². The van der Waals surface area contributed by atoms with Crippen LogP contribution >= 0.6 is 0 Å². The molecule has 0 saturated heterocycles. The lowest BCUT2D eigenvalue weighted by molar-refractivity contribution is -0.168. The van der Waals surface area contributed by atoms with E-state index < -0.39 is 5.41 Å². The first-order valence-corrected chi connectivity index (χ1v) is 12.0. The second-order valence-electron chi connectivity index (χ2n) is 11.5. The number of carbonyl (C=O) groups excluding carboxylic acids is 2. The van der Waals surface area contributed by atoms with Crippen molar-refractivity contribution in [1.29, 1.82) is 0 Å². The first-order valence-electron chi connectivity index (χ1n) is 12.0. The van der Waals surface area contributed by atoms with Crippen molar-refractivity contribution >= 4 is 11.9 Å². The molecule has 6 fully saturated rings. The van der Waals surface area contributed by atoms with Gasteiger partial charge in [0.1, 0.15) is 0 Å². The topological polar surface area (TPSA) is 52.6 Å². The lowest BCUT2D eigenvalue weighted by Crippen LogP contribution is -2.39. The lowest BCUT2D eigenvalue weighted by Gasteiger charge is -2.24. The van der Waals surface area contributed by atoms with Crippen LogP contribution in [0.1, 0.15) is 51.4 Å². The van der Waals surface area contributed by atoms with Crippen LogP contribution in [0.25, 0.3) is 0 Å². The van der Waals surface area contributed by atoms with E-state index in [1.165, 1.54) is 63.9 Å². The highest BCUT2D eigenvalue weighted by atomic mass is 16.5. The summed E-state index contributed by atoms with van der Waals surface area (Å²) < 4.78 is 10.4. The van der Waals surface area contributed by atoms with Gasteiger partial charge >= 0.3 is 11.9 Å². The number of fused-ring (bicyclic) bond motifs is 10. The van der Waals surface area contributed by atoms with E-state index in [9.17, 15) is 9.59 Å². The van der Waals surface area contributed by atoms with Crippen molar-refractivity contribution in [3.63, 3.8) is 0 Å². The van der Waals surface area contributed by atoms with Crippen LogP contribution in [-0.4, -0.2) is 26.2 Å². The summed E-state index contributed by atoms with van der Waals surface area (Å²) in [6, 6.07) is 0. The van der Waals surface area contributed by atoms with Gasteiger partial charge in [0.05, 0.1) is 14.2 Å². The van der Waals surface area contributed by atoms with Crippen LogP contribution in [0.4, 0.5) is 0 Å². The molecule has 2 unspecified atom stereocenters. The Labute approximate surface area is 172 Å². The third-order valence-corrected chi connectivity index (χ3v) is 10.8. The van der Waals surface area contributed by atoms with E-state index in [1.807, 2.05) is 0 Å². The van der Waals surface area contributed by atoms with Crippen molar-refractivity contribution in [2.24, 2.45) is 64.6 Å². The normalized spacial score (nSPS) is 51.8. The Morgan fingerprint density at radius 2 is 1.03 bits per heavy atom. The highest BCUT2D eigenvalue weighted by Crippen LogP contribution is 2.77. The summed E-state index contributed by atoms with van der Waals surface area (Å²) in [4.78, 5) is 25.9. The zero-order valence-corrected chi connectivity index (χ0v) is 17.6. The average Bonchev–Trinajstić information content (AvgIpc) is 3.25. The van der Waals surface area contributed by atoms with Crippen LogP contribution in [0.3, 0.4) is 0 Å². The maximum atomic E-state index is 12.9. The molecule has 0 amide bonds. The molecular weight excluding hydrogens is 364 g/mol. The molecule has 29 heavy (non-hydrogen) atoms. The van der Waals surface area contributed by atoms with Crippen LogP contribution in [0.5, 0.6) is 0 Å². The van der Waals surface area contributed by atoms with Gasteiger partial charge in [-0.25, -0.2) is 0 Å². The lowest BCUT2D eigenvalue weighted by atomic mass is 9.82. The molecule has 156 valence electrons. The molecule has 0 aromatic heterocycles. The Morgan fingerprint density at radius 3 is 1.34 bits per heavy atom. The van der Waals surface area contributed by atoms with E-state index in [0.29, 0.717) is 24.7 Å². The number of ether oxygens (including phenoxy) is 2. The number of rotatable bonds is 4. The first-order chi connectivity index (χ1) is 14.1. The summed E-state index contributed by atoms with van der Waals surface area (Å²) in [5, 5.41) is 0. The summed E-state index contributed by atoms with van der Waals surface area (Å²) in [6.07, 6.45) is 9.64. The van der Waals surface area contributed by atoms with Gasteiger partial charge in [-0.2, -0.15) is 0 Å². The second kappa shape index (κ2) is 5.48. The molecule has 7 aliphatic carbocycles. The van der Waals surface area contributed by atoms with Crippen LogP contribution < -0.4 is 0 Å². The minimum Gasteiger partial charge on any atom is -0.468 e. The van der Waals surface area contributed by atoms with Gasteiger partial charge in [-0.05, 0) is 111 Å². The summed E-state index contributed by atoms with van der Waals surface area (Å²) in [5.74, 6) is 7.59. The standard InChI is InChI=1S/C25H32O4/c1-28-23(26)25(24(27)29-2)9-15(21-17-11-3-4-12(7-11)18(17)21)16(10-25)22-19-13-5-6-14(8-13)20(19)22/h11-14,17-22H,3-10H2,1-2H3/t11-,12+,13-,14+,17+,18-,19+,20-,21?,22?. The average molecular weight is 397 g/mol. The molecule has 7 aliphatic rings. The fourth-order valence-corrected chi connectivity index (χ4v) is 9.95. The van der Waals surface area contributed by atoms with Crippen molar-refractivity contribution in [1.82, 2.24) is 0 Å². The number of carbonyl (C=O) groups is 2. The molecule has 0 radical (unpaired) electrons. The summed E-state index contributed by atoms with van der Waals surface area (Å²) >= 11 is 0. The fraction of sp³-hybridized carbons (Fsp3) is 0.840. The molecule has 0 spiro atoms. The van der Waals surface area contributed by atoms with E-state index in [-0.39, 0.29) is 11.9 Å². The van der Waals surface area contributed by atoms with Crippen LogP contribution in [0.2, 0.25) is 0 Å². The van der Waals surface area contributed by atoms with Crippen molar-refractivity contribution < 1.29 is 19.1 Å². The van der Waals surface area contributed by atoms with Crippen LogP contribution in [-0.2, 0) is 19.1 Å². The minimum absolute atomic E-state index is 0.376. The third kappa shape index (κ3) is 1.98. The largest absolute Gasteiger partial charge is 0.468 e. The Morgan fingerprint density at radius 1 is 0.690 bits per heavy atom. The number of hydrogen-bond donors (Lipinski definition) is 0. The van der Waals surface area contributed by atoms with E-state index in [2.05, 4.69) is 0 Å². The van der Waals surface area contributed by atoms with Gasteiger partial charge < -0.3 is 9.47 Å². The molecule has 0 N–H and O–H groups in total. The molecule has 10 atom stereocenters. The Balaban J connectivity index is 1.27. The zero-order chi connectivity index (χ0) is 19.7. The van der Waals surface area contributed by atoms with Gasteiger partial charge in [-0.3, -0.25) is 9.59 Å². The quantitative estimate of drug-likeness (QED) is 0.410. The molecule has 6 saturated carbocycles. The van der Waals surface area contributed by atoms with E-state index in [1.54, 1.807) is 0 Å². The predicted octanol–water partition coefficient (Wildman–Crippen LogP) is 3.99. The first kappa shape index (κ1) is 17.4.